The summed E-state index contributed by atoms with van der Waals surface area (Å²) >= 11 is 0. The Morgan fingerprint density at radius 3 is 2.72 bits per heavy atom. The highest BCUT2D eigenvalue weighted by molar-refractivity contribution is 5.34. The zero-order chi connectivity index (χ0) is 13.1. The second-order valence-electron chi connectivity index (χ2n) is 4.05. The number of para-hydroxylation sites is 1. The quantitative estimate of drug-likeness (QED) is 0.898. The van der Waals surface area contributed by atoms with Gasteiger partial charge in [0.25, 0.3) is 0 Å². The summed E-state index contributed by atoms with van der Waals surface area (Å²) in [5, 5.41) is 9.63. The molecule has 18 heavy (non-hydrogen) atoms. The lowest BCUT2D eigenvalue weighted by Gasteiger charge is -2.13. The van der Waals surface area contributed by atoms with E-state index in [0.717, 1.165) is 11.3 Å². The van der Waals surface area contributed by atoms with E-state index < -0.39 is 0 Å². The van der Waals surface area contributed by atoms with Crippen LogP contribution in [-0.4, -0.2) is 16.8 Å². The Kier molecular flexibility index (Phi) is 3.37. The number of hydrogen-bond acceptors (Lipinski definition) is 3. The molecule has 0 saturated heterocycles. The molecule has 0 unspecified atom stereocenters. The molecular formula is C14H15NO3. The van der Waals surface area contributed by atoms with Gasteiger partial charge >= 0.3 is 0 Å². The van der Waals surface area contributed by atoms with Crippen LogP contribution in [0.2, 0.25) is 0 Å². The summed E-state index contributed by atoms with van der Waals surface area (Å²) in [6.45, 7) is 2.26. The molecule has 0 radical (unpaired) electrons. The van der Waals surface area contributed by atoms with Gasteiger partial charge in [0.1, 0.15) is 5.75 Å². The molecule has 1 N–H and O–H groups in total. The van der Waals surface area contributed by atoms with Crippen molar-refractivity contribution in [3.05, 3.63) is 58.0 Å². The van der Waals surface area contributed by atoms with Crippen LogP contribution in [0.1, 0.15) is 11.3 Å². The van der Waals surface area contributed by atoms with E-state index in [2.05, 4.69) is 0 Å². The van der Waals surface area contributed by atoms with Crippen molar-refractivity contribution in [3.8, 4) is 11.5 Å². The zero-order valence-electron chi connectivity index (χ0n) is 10.4. The van der Waals surface area contributed by atoms with Gasteiger partial charge in [-0.1, -0.05) is 18.2 Å². The van der Waals surface area contributed by atoms with Crippen molar-refractivity contribution in [3.63, 3.8) is 0 Å². The van der Waals surface area contributed by atoms with Crippen molar-refractivity contribution in [2.24, 2.45) is 0 Å². The van der Waals surface area contributed by atoms with Crippen LogP contribution in [-0.2, 0) is 6.54 Å². The molecule has 1 aromatic carbocycles. The Morgan fingerprint density at radius 2 is 2.00 bits per heavy atom. The SMILES string of the molecule is COc1ccccc1Cn1ccc(=O)c(O)c1C. The summed E-state index contributed by atoms with van der Waals surface area (Å²) in [5.74, 6) is 0.586. The van der Waals surface area contributed by atoms with E-state index >= 15 is 0 Å². The first kappa shape index (κ1) is 12.2. The Labute approximate surface area is 105 Å². The maximum atomic E-state index is 11.3. The van der Waals surface area contributed by atoms with E-state index in [9.17, 15) is 9.90 Å². The number of hydrogen-bond donors (Lipinski definition) is 1. The normalized spacial score (nSPS) is 10.3. The lowest BCUT2D eigenvalue weighted by molar-refractivity contribution is 0.407. The number of benzene rings is 1. The molecule has 0 aliphatic rings. The average Bonchev–Trinajstić information content (AvgIpc) is 2.40. The molecule has 0 spiro atoms. The van der Waals surface area contributed by atoms with Crippen molar-refractivity contribution in [2.75, 3.05) is 7.11 Å². The molecule has 0 bridgehead atoms. The minimum absolute atomic E-state index is 0.201. The summed E-state index contributed by atoms with van der Waals surface area (Å²) in [6.07, 6.45) is 1.67. The minimum atomic E-state index is -0.358. The van der Waals surface area contributed by atoms with Crippen LogP contribution in [0.4, 0.5) is 0 Å². The number of rotatable bonds is 3. The molecule has 2 rings (SSSR count). The van der Waals surface area contributed by atoms with Gasteiger partial charge in [-0.25, -0.2) is 0 Å². The molecule has 94 valence electrons. The van der Waals surface area contributed by atoms with E-state index in [0.29, 0.717) is 12.2 Å². The zero-order valence-corrected chi connectivity index (χ0v) is 10.4. The Hall–Kier alpha value is -2.23. The minimum Gasteiger partial charge on any atom is -0.503 e. The standard InChI is InChI=1S/C14H15NO3/c1-10-14(17)12(16)7-8-15(10)9-11-5-3-4-6-13(11)18-2/h3-8,17H,9H2,1-2H3. The molecule has 0 amide bonds. The number of aromatic nitrogens is 1. The van der Waals surface area contributed by atoms with Crippen molar-refractivity contribution in [1.29, 1.82) is 0 Å². The van der Waals surface area contributed by atoms with E-state index in [1.54, 1.807) is 20.2 Å². The molecule has 0 fully saturated rings. The fraction of sp³-hybridized carbons (Fsp3) is 0.214. The number of pyridine rings is 1. The summed E-state index contributed by atoms with van der Waals surface area (Å²) in [6, 6.07) is 9.02. The average molecular weight is 245 g/mol. The Morgan fingerprint density at radius 1 is 1.28 bits per heavy atom. The fourth-order valence-corrected chi connectivity index (χ4v) is 1.85. The van der Waals surface area contributed by atoms with Gasteiger partial charge < -0.3 is 14.4 Å². The molecule has 1 heterocycles. The molecule has 0 atom stereocenters. The lowest BCUT2D eigenvalue weighted by Crippen LogP contribution is -2.11. The topological polar surface area (TPSA) is 51.5 Å². The van der Waals surface area contributed by atoms with Crippen molar-refractivity contribution in [1.82, 2.24) is 4.57 Å². The van der Waals surface area contributed by atoms with E-state index in [4.69, 9.17) is 4.74 Å². The van der Waals surface area contributed by atoms with Crippen LogP contribution in [0.15, 0.2) is 41.3 Å². The van der Waals surface area contributed by atoms with Crippen LogP contribution in [0, 0.1) is 6.92 Å². The highest BCUT2D eigenvalue weighted by atomic mass is 16.5. The second-order valence-corrected chi connectivity index (χ2v) is 4.05. The van der Waals surface area contributed by atoms with Gasteiger partial charge in [-0.15, -0.1) is 0 Å². The van der Waals surface area contributed by atoms with Gasteiger partial charge in [0, 0.05) is 17.8 Å². The van der Waals surface area contributed by atoms with Crippen LogP contribution < -0.4 is 10.2 Å². The first-order valence-corrected chi connectivity index (χ1v) is 5.64. The second kappa shape index (κ2) is 4.96. The van der Waals surface area contributed by atoms with E-state index in [-0.39, 0.29) is 11.2 Å². The maximum Gasteiger partial charge on any atom is 0.223 e. The summed E-state index contributed by atoms with van der Waals surface area (Å²) in [4.78, 5) is 11.3. The van der Waals surface area contributed by atoms with Crippen LogP contribution >= 0.6 is 0 Å². The number of ether oxygens (including phenoxy) is 1. The van der Waals surface area contributed by atoms with Crippen LogP contribution in [0.3, 0.4) is 0 Å². The fourth-order valence-electron chi connectivity index (χ4n) is 1.85. The smallest absolute Gasteiger partial charge is 0.223 e. The van der Waals surface area contributed by atoms with E-state index in [1.165, 1.54) is 6.07 Å². The van der Waals surface area contributed by atoms with Gasteiger partial charge in [0.05, 0.1) is 19.3 Å². The molecule has 4 nitrogen and oxygen atoms in total. The third kappa shape index (κ3) is 2.22. The monoisotopic (exact) mass is 245 g/mol. The van der Waals surface area contributed by atoms with Gasteiger partial charge in [-0.05, 0) is 13.0 Å². The van der Waals surface area contributed by atoms with Gasteiger partial charge in [0.2, 0.25) is 5.43 Å². The Bertz CT molecular complexity index is 617. The summed E-state index contributed by atoms with van der Waals surface area (Å²) in [7, 11) is 1.62. The van der Waals surface area contributed by atoms with Gasteiger partial charge in [-0.3, -0.25) is 4.79 Å². The van der Waals surface area contributed by atoms with Crippen molar-refractivity contribution in [2.45, 2.75) is 13.5 Å². The third-order valence-corrected chi connectivity index (χ3v) is 2.95. The van der Waals surface area contributed by atoms with Gasteiger partial charge in [0.15, 0.2) is 5.75 Å². The maximum absolute atomic E-state index is 11.3. The van der Waals surface area contributed by atoms with Crippen molar-refractivity contribution < 1.29 is 9.84 Å². The Balaban J connectivity index is 2.40. The van der Waals surface area contributed by atoms with Crippen LogP contribution in [0.5, 0.6) is 11.5 Å². The molecule has 0 aliphatic carbocycles. The first-order valence-electron chi connectivity index (χ1n) is 5.64. The molecule has 0 aliphatic heterocycles. The lowest BCUT2D eigenvalue weighted by atomic mass is 10.2. The highest BCUT2D eigenvalue weighted by Gasteiger charge is 2.07. The molecular weight excluding hydrogens is 230 g/mol. The van der Waals surface area contributed by atoms with Gasteiger partial charge in [-0.2, -0.15) is 0 Å². The summed E-state index contributed by atoms with van der Waals surface area (Å²) < 4.78 is 7.09. The predicted octanol–water partition coefficient (Wildman–Crippen LogP) is 1.92. The predicted molar refractivity (Wildman–Crippen MR) is 69.2 cm³/mol. The summed E-state index contributed by atoms with van der Waals surface area (Å²) in [5.41, 5.74) is 1.18. The van der Waals surface area contributed by atoms with Crippen molar-refractivity contribution >= 4 is 0 Å². The third-order valence-electron chi connectivity index (χ3n) is 2.95. The molecule has 2 aromatic rings. The number of nitrogens with zero attached hydrogens (tertiary/aromatic N) is 1. The highest BCUT2D eigenvalue weighted by Crippen LogP contribution is 2.20. The van der Waals surface area contributed by atoms with E-state index in [1.807, 2.05) is 28.8 Å². The largest absolute Gasteiger partial charge is 0.503 e. The molecule has 0 saturated carbocycles. The number of methoxy groups -OCH3 is 1. The van der Waals surface area contributed by atoms with Crippen LogP contribution in [0.25, 0.3) is 0 Å². The molecule has 4 heteroatoms. The molecule has 1 aromatic heterocycles. The number of aromatic hydroxyl groups is 1. The first-order chi connectivity index (χ1) is 8.63.